The van der Waals surface area contributed by atoms with Crippen molar-refractivity contribution in [3.05, 3.63) is 53.6 Å². The number of esters is 1. The van der Waals surface area contributed by atoms with Crippen molar-refractivity contribution in [3.8, 4) is 23.0 Å². The maximum absolute atomic E-state index is 12.5. The van der Waals surface area contributed by atoms with Gasteiger partial charge in [-0.2, -0.15) is 0 Å². The van der Waals surface area contributed by atoms with Crippen LogP contribution >= 0.6 is 0 Å². The van der Waals surface area contributed by atoms with Gasteiger partial charge in [-0.25, -0.2) is 4.79 Å². The van der Waals surface area contributed by atoms with Gasteiger partial charge in [-0.1, -0.05) is 12.1 Å². The molecule has 2 fully saturated rings. The Morgan fingerprint density at radius 2 is 1.55 bits per heavy atom. The minimum Gasteiger partial charge on any atom is -0.504 e. The lowest BCUT2D eigenvalue weighted by molar-refractivity contribution is -0.387. The normalized spacial score (nSPS) is 34.2. The van der Waals surface area contributed by atoms with Crippen molar-refractivity contribution in [2.24, 2.45) is 0 Å². The summed E-state index contributed by atoms with van der Waals surface area (Å²) in [6, 6.07) is 7.13. The fourth-order valence-electron chi connectivity index (χ4n) is 4.94. The standard InChI is InChI=1S/C29H36O15/c1-3-40-28-29(39,15-6-8-17(31)19(33)11-15)26(44-27-25(38)24(37)22(35)13(2)42-27)23(36)20(43-28)12-41-21(34)9-5-14-4-7-16(30)18(32)10-14/h4-11,13,20,22-28,30-33,35-39H,3,12H2,1-2H3/b9-5+/t13-,20+,22-,23+,24+,25+,26-,27-,28+,29+/m0/s1. The number of benzene rings is 2. The van der Waals surface area contributed by atoms with Crippen molar-refractivity contribution < 1.29 is 74.4 Å². The number of rotatable bonds is 9. The van der Waals surface area contributed by atoms with Crippen molar-refractivity contribution in [2.75, 3.05) is 13.2 Å². The second kappa shape index (κ2) is 13.6. The molecular weight excluding hydrogens is 588 g/mol. The Bertz CT molecular complexity index is 1330. The summed E-state index contributed by atoms with van der Waals surface area (Å²) in [6.45, 7) is 2.34. The van der Waals surface area contributed by atoms with Crippen LogP contribution < -0.4 is 0 Å². The molecule has 0 unspecified atom stereocenters. The Kier molecular flexibility index (Phi) is 10.3. The summed E-state index contributed by atoms with van der Waals surface area (Å²) in [5.41, 5.74) is -2.24. The fraction of sp³-hybridized carbons (Fsp3) is 0.483. The molecule has 0 saturated carbocycles. The first-order chi connectivity index (χ1) is 20.8. The maximum Gasteiger partial charge on any atom is 0.330 e. The zero-order valence-electron chi connectivity index (χ0n) is 23.7. The summed E-state index contributed by atoms with van der Waals surface area (Å²) in [6.07, 6.45) is -12.2. The fourth-order valence-corrected chi connectivity index (χ4v) is 4.94. The highest BCUT2D eigenvalue weighted by molar-refractivity contribution is 5.87. The molecule has 2 saturated heterocycles. The number of carbonyl (C=O) groups excluding carboxylic acids is 1. The number of phenols is 4. The molecule has 0 aromatic heterocycles. The van der Waals surface area contributed by atoms with E-state index in [9.17, 15) is 50.8 Å². The summed E-state index contributed by atoms with van der Waals surface area (Å²) in [7, 11) is 0. The molecule has 0 spiro atoms. The summed E-state index contributed by atoms with van der Waals surface area (Å²) in [5, 5.41) is 93.6. The van der Waals surface area contributed by atoms with Crippen LogP contribution in [0.25, 0.3) is 6.08 Å². The second-order valence-corrected chi connectivity index (χ2v) is 10.4. The highest BCUT2D eigenvalue weighted by Gasteiger charge is 2.60. The molecule has 2 aromatic rings. The van der Waals surface area contributed by atoms with Crippen LogP contribution in [0.5, 0.6) is 23.0 Å². The van der Waals surface area contributed by atoms with Gasteiger partial charge in [0.15, 0.2) is 41.2 Å². The average molecular weight is 625 g/mol. The number of aromatic hydroxyl groups is 4. The van der Waals surface area contributed by atoms with Crippen LogP contribution in [0.2, 0.25) is 0 Å². The zero-order chi connectivity index (χ0) is 32.3. The summed E-state index contributed by atoms with van der Waals surface area (Å²) >= 11 is 0. The first kappa shape index (κ1) is 33.4. The topological polar surface area (TPSA) is 245 Å². The van der Waals surface area contributed by atoms with Gasteiger partial charge in [-0.05, 0) is 55.3 Å². The SMILES string of the molecule is CCO[C@@H]1O[C@H](COC(=O)/C=C/c2ccc(O)c(O)c2)[C@@H](O)[C@H](O[C@@H]2O[C@@H](C)[C@H](O)[C@@H](O)[C@H]2O)[C@]1(O)c1ccc(O)c(O)c1. The van der Waals surface area contributed by atoms with Crippen molar-refractivity contribution in [2.45, 2.75) is 74.8 Å². The molecule has 44 heavy (non-hydrogen) atoms. The van der Waals surface area contributed by atoms with Gasteiger partial charge in [0.1, 0.15) is 43.2 Å². The lowest BCUT2D eigenvalue weighted by Crippen LogP contribution is -2.68. The van der Waals surface area contributed by atoms with E-state index in [0.29, 0.717) is 5.56 Å². The highest BCUT2D eigenvalue weighted by atomic mass is 16.7. The number of carbonyl (C=O) groups is 1. The summed E-state index contributed by atoms with van der Waals surface area (Å²) in [5.74, 6) is -2.78. The van der Waals surface area contributed by atoms with Crippen molar-refractivity contribution in [3.63, 3.8) is 0 Å². The van der Waals surface area contributed by atoms with E-state index in [0.717, 1.165) is 18.2 Å². The predicted molar refractivity (Wildman–Crippen MR) is 147 cm³/mol. The Hall–Kier alpha value is -3.51. The number of ether oxygens (including phenoxy) is 5. The van der Waals surface area contributed by atoms with Gasteiger partial charge in [0, 0.05) is 12.7 Å². The average Bonchev–Trinajstić information content (AvgIpc) is 2.99. The Morgan fingerprint density at radius 3 is 2.18 bits per heavy atom. The van der Waals surface area contributed by atoms with E-state index in [2.05, 4.69) is 0 Å². The second-order valence-electron chi connectivity index (χ2n) is 10.4. The van der Waals surface area contributed by atoms with E-state index in [1.165, 1.54) is 37.3 Å². The Morgan fingerprint density at radius 1 is 0.886 bits per heavy atom. The molecule has 0 radical (unpaired) electrons. The minimum atomic E-state index is -2.46. The molecule has 2 heterocycles. The van der Waals surface area contributed by atoms with Gasteiger partial charge in [-0.3, -0.25) is 0 Å². The van der Waals surface area contributed by atoms with E-state index in [1.54, 1.807) is 6.92 Å². The lowest BCUT2D eigenvalue weighted by Gasteiger charge is -2.51. The number of phenolic OH excluding ortho intramolecular Hbond substituents is 4. The van der Waals surface area contributed by atoms with Gasteiger partial charge in [0.25, 0.3) is 0 Å². The number of hydrogen-bond acceptors (Lipinski definition) is 15. The van der Waals surface area contributed by atoms with E-state index >= 15 is 0 Å². The number of hydrogen-bond donors (Lipinski definition) is 9. The summed E-state index contributed by atoms with van der Waals surface area (Å²) < 4.78 is 28.1. The highest BCUT2D eigenvalue weighted by Crippen LogP contribution is 2.44. The number of aliphatic hydroxyl groups is 5. The Balaban J connectivity index is 1.62. The molecule has 9 N–H and O–H groups in total. The smallest absolute Gasteiger partial charge is 0.330 e. The van der Waals surface area contributed by atoms with Gasteiger partial charge < -0.3 is 69.6 Å². The summed E-state index contributed by atoms with van der Waals surface area (Å²) in [4.78, 5) is 12.5. The van der Waals surface area contributed by atoms with Crippen LogP contribution in [0, 0.1) is 0 Å². The van der Waals surface area contributed by atoms with Gasteiger partial charge in [0.2, 0.25) is 0 Å². The molecule has 242 valence electrons. The molecule has 0 amide bonds. The molecule has 2 aliphatic heterocycles. The van der Waals surface area contributed by atoms with E-state index < -0.39 is 90.7 Å². The van der Waals surface area contributed by atoms with Gasteiger partial charge in [0.05, 0.1) is 6.10 Å². The molecule has 0 bridgehead atoms. The van der Waals surface area contributed by atoms with Crippen LogP contribution in [0.4, 0.5) is 0 Å². The number of aliphatic hydroxyl groups excluding tert-OH is 4. The van der Waals surface area contributed by atoms with Crippen LogP contribution in [-0.4, -0.2) is 120 Å². The van der Waals surface area contributed by atoms with E-state index in [4.69, 9.17) is 23.7 Å². The van der Waals surface area contributed by atoms with Crippen LogP contribution in [0.1, 0.15) is 25.0 Å². The molecule has 2 aromatic carbocycles. The van der Waals surface area contributed by atoms with E-state index in [1.807, 2.05) is 0 Å². The zero-order valence-corrected chi connectivity index (χ0v) is 23.7. The van der Waals surface area contributed by atoms with Crippen molar-refractivity contribution >= 4 is 12.0 Å². The first-order valence-corrected chi connectivity index (χ1v) is 13.7. The minimum absolute atomic E-state index is 0.0426. The maximum atomic E-state index is 12.5. The van der Waals surface area contributed by atoms with Crippen molar-refractivity contribution in [1.29, 1.82) is 0 Å². The molecular formula is C29H36O15. The van der Waals surface area contributed by atoms with Crippen molar-refractivity contribution in [1.82, 2.24) is 0 Å². The largest absolute Gasteiger partial charge is 0.504 e. The molecule has 0 aliphatic carbocycles. The Labute approximate surface area is 251 Å². The van der Waals surface area contributed by atoms with Gasteiger partial charge in [-0.15, -0.1) is 0 Å². The third kappa shape index (κ3) is 6.76. The van der Waals surface area contributed by atoms with Crippen LogP contribution in [0.15, 0.2) is 42.5 Å². The molecule has 15 nitrogen and oxygen atoms in total. The molecule has 15 heteroatoms. The molecule has 10 atom stereocenters. The quantitative estimate of drug-likeness (QED) is 0.0950. The first-order valence-electron chi connectivity index (χ1n) is 13.7. The third-order valence-corrected chi connectivity index (χ3v) is 7.43. The molecule has 2 aliphatic rings. The van der Waals surface area contributed by atoms with Crippen LogP contribution in [-0.2, 0) is 34.1 Å². The van der Waals surface area contributed by atoms with Crippen LogP contribution in [0.3, 0.4) is 0 Å². The monoisotopic (exact) mass is 624 g/mol. The predicted octanol–water partition coefficient (Wildman–Crippen LogP) is -0.712. The molecule has 4 rings (SSSR count). The lowest BCUT2D eigenvalue weighted by atomic mass is 9.80. The third-order valence-electron chi connectivity index (χ3n) is 7.43. The van der Waals surface area contributed by atoms with E-state index in [-0.39, 0.29) is 17.9 Å². The van der Waals surface area contributed by atoms with Gasteiger partial charge >= 0.3 is 5.97 Å².